The van der Waals surface area contributed by atoms with Crippen molar-refractivity contribution < 1.29 is 24.2 Å². The van der Waals surface area contributed by atoms with E-state index < -0.39 is 17.9 Å². The van der Waals surface area contributed by atoms with E-state index in [0.29, 0.717) is 28.3 Å². The van der Waals surface area contributed by atoms with Crippen molar-refractivity contribution in [1.29, 1.82) is 0 Å². The van der Waals surface area contributed by atoms with Crippen molar-refractivity contribution in [1.82, 2.24) is 15.0 Å². The van der Waals surface area contributed by atoms with Crippen LogP contribution >= 0.6 is 0 Å². The van der Waals surface area contributed by atoms with Crippen LogP contribution in [0, 0.1) is 56.3 Å². The molecular weight excluding hydrogens is 821 g/mol. The van der Waals surface area contributed by atoms with E-state index in [1.54, 1.807) is 0 Å². The third-order valence-corrected chi connectivity index (χ3v) is 14.7. The summed E-state index contributed by atoms with van der Waals surface area (Å²) >= 11 is 0. The first-order valence-electron chi connectivity index (χ1n) is 24.5. The summed E-state index contributed by atoms with van der Waals surface area (Å²) in [5.74, 6) is 0.0977. The number of nitrogens with zero attached hydrogens (tertiary/aromatic N) is 4. The van der Waals surface area contributed by atoms with Gasteiger partial charge >= 0.3 is 35.0 Å². The Bertz CT molecular complexity index is 2480. The van der Waals surface area contributed by atoms with Crippen molar-refractivity contribution in [2.45, 2.75) is 166 Å². The standard InChI is InChI=1S/C55H76N4O5.Mg/c1-13-39-35(8)42-28-44-37(10)41(24-25-48(60)64-27-26-34(7)23-17-22-33(6)21-16-20-32(5)19-15-18-31(3)4)52(58-44)50-51(55(62)63-12)54(61)49-38(11)45(59-53(49)50)30-47-40(14-2)36(9)43(57-47)29-46(39)56-42;/h26,28-33,37,41,51-52,61H,13-25,27H2,1-12H3;/q-4;+2/b34-26+,43-29-,44-28-,47-30-;/t32-,33-,37+,41+,51-,52?;/m1./s1. The molecule has 65 heavy (non-hydrogen) atoms. The number of ether oxygens (including phenoxy) is 2. The summed E-state index contributed by atoms with van der Waals surface area (Å²) in [5, 5.41) is 20.1. The van der Waals surface area contributed by atoms with Gasteiger partial charge in [-0.05, 0) is 95.5 Å². The first kappa shape index (κ1) is 52.1. The molecule has 1 aliphatic carbocycles. The Morgan fingerprint density at radius 3 is 2.06 bits per heavy atom. The van der Waals surface area contributed by atoms with E-state index in [0.717, 1.165) is 93.5 Å². The van der Waals surface area contributed by atoms with Crippen LogP contribution in [0.5, 0.6) is 0 Å². The minimum atomic E-state index is -1.06. The number of methoxy groups -OCH3 is 1. The molecular formula is C55H76MgN4O5-2. The second-order valence-corrected chi connectivity index (χ2v) is 19.8. The first-order chi connectivity index (χ1) is 30.6. The van der Waals surface area contributed by atoms with Gasteiger partial charge in [-0.25, -0.2) is 0 Å². The summed E-state index contributed by atoms with van der Waals surface area (Å²) in [6.45, 7) is 24.4. The predicted molar refractivity (Wildman–Crippen MR) is 265 cm³/mol. The third-order valence-electron chi connectivity index (χ3n) is 14.7. The monoisotopic (exact) mass is 897 g/mol. The van der Waals surface area contributed by atoms with E-state index in [9.17, 15) is 14.7 Å². The molecule has 2 aliphatic heterocycles. The fourth-order valence-electron chi connectivity index (χ4n) is 10.6. The number of allylic oxidation sites excluding steroid dienone is 2. The Hall–Kier alpha value is -3.89. The summed E-state index contributed by atoms with van der Waals surface area (Å²) in [6.07, 6.45) is 21.8. The number of fused-ring (bicyclic) bond motifs is 8. The topological polar surface area (TPSA) is 129 Å². The molecule has 5 heterocycles. The molecule has 9 nitrogen and oxygen atoms in total. The van der Waals surface area contributed by atoms with Crippen molar-refractivity contribution in [2.24, 2.45) is 35.5 Å². The second kappa shape index (κ2) is 23.2. The average Bonchev–Trinajstić information content (AvgIpc) is 3.99. The zero-order valence-corrected chi connectivity index (χ0v) is 43.2. The van der Waals surface area contributed by atoms with Gasteiger partial charge in [0.1, 0.15) is 18.3 Å². The van der Waals surface area contributed by atoms with Gasteiger partial charge in [0.15, 0.2) is 0 Å². The largest absolute Gasteiger partial charge is 2.00 e. The summed E-state index contributed by atoms with van der Waals surface area (Å²) in [5.41, 5.74) is 10.4. The molecule has 3 aromatic rings. The zero-order valence-electron chi connectivity index (χ0n) is 41.8. The summed E-state index contributed by atoms with van der Waals surface area (Å²) in [7, 11) is 1.34. The molecule has 0 saturated carbocycles. The fraction of sp³-hybridized carbons (Fsp3) is 0.600. The summed E-state index contributed by atoms with van der Waals surface area (Å²) < 4.78 is 11.1. The Kier molecular flexibility index (Phi) is 18.6. The molecule has 0 spiro atoms. The maximum atomic E-state index is 13.6. The molecule has 8 bridgehead atoms. The number of rotatable bonds is 20. The van der Waals surface area contributed by atoms with Crippen molar-refractivity contribution in [3.63, 3.8) is 0 Å². The Morgan fingerprint density at radius 2 is 1.42 bits per heavy atom. The number of aromatic nitrogens is 3. The summed E-state index contributed by atoms with van der Waals surface area (Å²) in [6, 6.07) is -0.552. The van der Waals surface area contributed by atoms with Gasteiger partial charge in [-0.15, -0.1) is 33.1 Å². The normalized spacial score (nSPS) is 21.7. The maximum absolute atomic E-state index is 13.6. The number of aliphatic hydroxyl groups is 1. The molecule has 6 rings (SSSR count). The van der Waals surface area contributed by atoms with Crippen LogP contribution in [-0.4, -0.2) is 59.9 Å². The van der Waals surface area contributed by atoms with Gasteiger partial charge < -0.3 is 34.8 Å². The van der Waals surface area contributed by atoms with E-state index in [1.165, 1.54) is 63.2 Å². The molecule has 1 N–H and O–H groups in total. The Balaban J connectivity index is 0.00000793. The van der Waals surface area contributed by atoms with Crippen LogP contribution in [0.25, 0.3) is 34.9 Å². The number of carbonyl (C=O) groups is 2. The van der Waals surface area contributed by atoms with Gasteiger partial charge in [-0.1, -0.05) is 157 Å². The van der Waals surface area contributed by atoms with Crippen molar-refractivity contribution in [2.75, 3.05) is 13.7 Å². The van der Waals surface area contributed by atoms with E-state index in [2.05, 4.69) is 81.4 Å². The van der Waals surface area contributed by atoms with Crippen LogP contribution in [0.1, 0.15) is 171 Å². The number of carbonyl (C=O) groups excluding carboxylic acids is 2. The predicted octanol–water partition coefficient (Wildman–Crippen LogP) is 8.58. The Labute approximate surface area is 405 Å². The molecule has 1 fully saturated rings. The van der Waals surface area contributed by atoms with Crippen LogP contribution in [0.15, 0.2) is 17.3 Å². The van der Waals surface area contributed by atoms with Gasteiger partial charge in [-0.2, -0.15) is 5.70 Å². The van der Waals surface area contributed by atoms with Gasteiger partial charge in [0.05, 0.1) is 7.11 Å². The van der Waals surface area contributed by atoms with E-state index >= 15 is 0 Å². The van der Waals surface area contributed by atoms with Crippen LogP contribution in [0.3, 0.4) is 0 Å². The third kappa shape index (κ3) is 11.8. The fourth-order valence-corrected chi connectivity index (χ4v) is 10.6. The van der Waals surface area contributed by atoms with Crippen molar-refractivity contribution >= 4 is 64.6 Å². The number of aliphatic hydroxyl groups excluding tert-OH is 1. The van der Waals surface area contributed by atoms with Gasteiger partial charge in [0, 0.05) is 11.6 Å². The molecule has 3 aliphatic rings. The average molecular weight is 898 g/mol. The minimum absolute atomic E-state index is 0. The molecule has 0 radical (unpaired) electrons. The smallest absolute Gasteiger partial charge is 0.681 e. The van der Waals surface area contributed by atoms with Gasteiger partial charge in [0.25, 0.3) is 0 Å². The molecule has 0 aromatic carbocycles. The summed E-state index contributed by atoms with van der Waals surface area (Å²) in [4.78, 5) is 42.6. The molecule has 1 unspecified atom stereocenters. The number of esters is 2. The van der Waals surface area contributed by atoms with Crippen molar-refractivity contribution in [3.05, 3.63) is 88.8 Å². The van der Waals surface area contributed by atoms with Crippen LogP contribution in [0.2, 0.25) is 0 Å². The SMILES string of the molecule is CCc1c2[n-]c(c1C)/C=C1\[N-]C(C3=c4[n-]c(c(C)c4=C(O)[C@@H]3C(=O)OC)/C=c3\[n-]/c(c(C)c3CC)=C\2)[C@@H](CCC(=O)OC/C=C(\C)CCC[C@H](C)CCC[C@H](C)CCCC(C)C)[C@@H]1C.[Mg+2]. The maximum Gasteiger partial charge on any atom is 2.00 e. The number of hydrogen-bond donors (Lipinski definition) is 1. The van der Waals surface area contributed by atoms with Gasteiger partial charge in [-0.3, -0.25) is 9.59 Å². The molecule has 3 aromatic heterocycles. The van der Waals surface area contributed by atoms with Gasteiger partial charge in [0.2, 0.25) is 0 Å². The van der Waals surface area contributed by atoms with E-state index in [4.69, 9.17) is 29.7 Å². The minimum Gasteiger partial charge on any atom is -0.681 e. The molecule has 1 saturated heterocycles. The van der Waals surface area contributed by atoms with E-state index in [-0.39, 0.29) is 59.6 Å². The first-order valence-corrected chi connectivity index (χ1v) is 24.5. The van der Waals surface area contributed by atoms with Crippen LogP contribution in [-0.2, 0) is 31.9 Å². The number of hydrogen-bond acceptors (Lipinski definition) is 5. The Morgan fingerprint density at radius 1 is 0.785 bits per heavy atom. The molecule has 10 heteroatoms. The zero-order chi connectivity index (χ0) is 46.4. The molecule has 350 valence electrons. The molecule has 6 atom stereocenters. The van der Waals surface area contributed by atoms with E-state index in [1.807, 2.05) is 19.1 Å². The van der Waals surface area contributed by atoms with Crippen molar-refractivity contribution in [3.8, 4) is 0 Å². The second-order valence-electron chi connectivity index (χ2n) is 19.8. The quantitative estimate of drug-likeness (QED) is 0.0679. The van der Waals surface area contributed by atoms with Crippen LogP contribution < -0.4 is 36.2 Å². The molecule has 0 amide bonds. The van der Waals surface area contributed by atoms with Crippen LogP contribution in [0.4, 0.5) is 0 Å².